The number of ether oxygens (including phenoxy) is 1. The Morgan fingerprint density at radius 2 is 1.58 bits per heavy atom. The molecule has 0 aliphatic carbocycles. The fourth-order valence-electron chi connectivity index (χ4n) is 3.41. The first kappa shape index (κ1) is 25.4. The Morgan fingerprint density at radius 1 is 1.03 bits per heavy atom. The highest BCUT2D eigenvalue weighted by molar-refractivity contribution is 7.89. The second-order valence-corrected chi connectivity index (χ2v) is 11.0. The summed E-state index contributed by atoms with van der Waals surface area (Å²) >= 11 is 6.15. The summed E-state index contributed by atoms with van der Waals surface area (Å²) in [5.41, 5.74) is 4.46. The van der Waals surface area contributed by atoms with Crippen molar-refractivity contribution >= 4 is 27.6 Å². The van der Waals surface area contributed by atoms with Crippen LogP contribution in [0.15, 0.2) is 35.2 Å². The van der Waals surface area contributed by atoms with E-state index in [1.165, 1.54) is 28.1 Å². The topological polar surface area (TPSA) is 63.7 Å². The van der Waals surface area contributed by atoms with E-state index < -0.39 is 16.0 Å². The second-order valence-electron chi connectivity index (χ2n) is 8.65. The van der Waals surface area contributed by atoms with Crippen LogP contribution in [0.1, 0.15) is 67.2 Å². The number of aryl methyl sites for hydroxylation is 2. The van der Waals surface area contributed by atoms with Crippen molar-refractivity contribution in [2.24, 2.45) is 0 Å². The summed E-state index contributed by atoms with van der Waals surface area (Å²) in [6, 6.07) is 8.43. The van der Waals surface area contributed by atoms with Crippen molar-refractivity contribution in [3.05, 3.63) is 63.2 Å². The van der Waals surface area contributed by atoms with E-state index in [4.69, 9.17) is 16.3 Å². The molecule has 2 aromatic carbocycles. The molecule has 31 heavy (non-hydrogen) atoms. The minimum absolute atomic E-state index is 0.0286. The van der Waals surface area contributed by atoms with Gasteiger partial charge in [-0.1, -0.05) is 58.4 Å². The lowest BCUT2D eigenvalue weighted by Crippen LogP contribution is -2.31. The van der Waals surface area contributed by atoms with Gasteiger partial charge in [-0.15, -0.1) is 0 Å². The Morgan fingerprint density at radius 3 is 2.06 bits per heavy atom. The summed E-state index contributed by atoms with van der Waals surface area (Å²) in [6.07, 6.45) is 0. The van der Waals surface area contributed by atoms with Crippen LogP contribution in [0.5, 0.6) is 0 Å². The van der Waals surface area contributed by atoms with E-state index in [2.05, 4.69) is 32.9 Å². The molecule has 2 aromatic rings. The number of carbonyl (C=O) groups excluding carboxylic acids is 1. The zero-order chi connectivity index (χ0) is 23.6. The molecule has 0 bridgehead atoms. The van der Waals surface area contributed by atoms with Gasteiger partial charge >= 0.3 is 5.97 Å². The maximum atomic E-state index is 12.9. The van der Waals surface area contributed by atoms with Gasteiger partial charge in [-0.2, -0.15) is 4.31 Å². The van der Waals surface area contributed by atoms with Crippen molar-refractivity contribution in [3.8, 4) is 0 Å². The molecule has 2 rings (SSSR count). The monoisotopic (exact) mass is 465 g/mol. The van der Waals surface area contributed by atoms with Gasteiger partial charge in [0.15, 0.2) is 0 Å². The van der Waals surface area contributed by atoms with Crippen LogP contribution in [-0.4, -0.2) is 31.8 Å². The normalized spacial score (nSPS) is 12.3. The number of rotatable bonds is 7. The Labute approximate surface area is 191 Å². The summed E-state index contributed by atoms with van der Waals surface area (Å²) in [5, 5.41) is 0.0768. The SMILES string of the molecule is CCN(CC)S(=O)(=O)c1cc(C(=O)OCc2c(C)cc(C(C)(C)C)cc2C)ccc1Cl. The lowest BCUT2D eigenvalue weighted by Gasteiger charge is -2.22. The highest BCUT2D eigenvalue weighted by Crippen LogP contribution is 2.28. The van der Waals surface area contributed by atoms with Crippen LogP contribution >= 0.6 is 11.6 Å². The van der Waals surface area contributed by atoms with Gasteiger partial charge in [-0.25, -0.2) is 13.2 Å². The highest BCUT2D eigenvalue weighted by Gasteiger charge is 2.26. The number of hydrogen-bond donors (Lipinski definition) is 0. The van der Waals surface area contributed by atoms with E-state index in [9.17, 15) is 13.2 Å². The maximum absolute atomic E-state index is 12.9. The zero-order valence-corrected chi connectivity index (χ0v) is 20.9. The standard InChI is InChI=1S/C24H32ClNO4S/c1-8-26(9-2)31(28,29)22-14-18(10-11-21(22)25)23(27)30-15-20-16(3)12-19(13-17(20)4)24(5,6)7/h10-14H,8-9,15H2,1-7H3. The zero-order valence-electron chi connectivity index (χ0n) is 19.4. The number of nitrogens with zero attached hydrogens (tertiary/aromatic N) is 1. The quantitative estimate of drug-likeness (QED) is 0.496. The van der Waals surface area contributed by atoms with Gasteiger partial charge in [0.25, 0.3) is 0 Å². The highest BCUT2D eigenvalue weighted by atomic mass is 35.5. The molecule has 0 atom stereocenters. The Kier molecular flexibility index (Phi) is 7.95. The summed E-state index contributed by atoms with van der Waals surface area (Å²) in [5.74, 6) is -0.591. The van der Waals surface area contributed by atoms with Crippen molar-refractivity contribution in [2.45, 2.75) is 65.4 Å². The molecule has 5 nitrogen and oxygen atoms in total. The molecule has 0 aromatic heterocycles. The number of esters is 1. The average Bonchev–Trinajstić information content (AvgIpc) is 2.67. The van der Waals surface area contributed by atoms with Gasteiger partial charge in [-0.3, -0.25) is 0 Å². The van der Waals surface area contributed by atoms with E-state index >= 15 is 0 Å². The molecule has 7 heteroatoms. The van der Waals surface area contributed by atoms with Crippen molar-refractivity contribution in [2.75, 3.05) is 13.1 Å². The lowest BCUT2D eigenvalue weighted by molar-refractivity contribution is 0.0471. The van der Waals surface area contributed by atoms with Crippen LogP contribution in [0.3, 0.4) is 0 Å². The third-order valence-corrected chi connectivity index (χ3v) is 7.93. The number of carbonyl (C=O) groups is 1. The molecule has 170 valence electrons. The third-order valence-electron chi connectivity index (χ3n) is 5.40. The Balaban J connectivity index is 2.28. The van der Waals surface area contributed by atoms with Crippen molar-refractivity contribution in [1.29, 1.82) is 0 Å². The van der Waals surface area contributed by atoms with Crippen LogP contribution in [0.2, 0.25) is 5.02 Å². The molecule has 0 unspecified atom stereocenters. The minimum Gasteiger partial charge on any atom is -0.457 e. The number of hydrogen-bond acceptors (Lipinski definition) is 4. The van der Waals surface area contributed by atoms with Gasteiger partial charge in [0.1, 0.15) is 11.5 Å². The maximum Gasteiger partial charge on any atom is 0.338 e. The molecule has 0 amide bonds. The molecule has 0 heterocycles. The molecule has 0 saturated heterocycles. The summed E-state index contributed by atoms with van der Waals surface area (Å²) in [6.45, 7) is 14.7. The molecule has 0 radical (unpaired) electrons. The van der Waals surface area contributed by atoms with Gasteiger partial charge in [0.05, 0.1) is 10.6 Å². The van der Waals surface area contributed by atoms with Crippen molar-refractivity contribution in [1.82, 2.24) is 4.31 Å². The second kappa shape index (κ2) is 9.72. The minimum atomic E-state index is -3.79. The number of sulfonamides is 1. The fraction of sp³-hybridized carbons (Fsp3) is 0.458. The number of halogens is 1. The molecule has 0 aliphatic rings. The van der Waals surface area contributed by atoms with Gasteiger partial charge in [0, 0.05) is 13.1 Å². The smallest absolute Gasteiger partial charge is 0.338 e. The van der Waals surface area contributed by atoms with Gasteiger partial charge in [0.2, 0.25) is 10.0 Å². The fourth-order valence-corrected chi connectivity index (χ4v) is 5.36. The van der Waals surface area contributed by atoms with E-state index in [-0.39, 0.29) is 27.5 Å². The molecular weight excluding hydrogens is 434 g/mol. The summed E-state index contributed by atoms with van der Waals surface area (Å²) < 4.78 is 32.6. The van der Waals surface area contributed by atoms with E-state index in [0.717, 1.165) is 16.7 Å². The largest absolute Gasteiger partial charge is 0.457 e. The van der Waals surface area contributed by atoms with Crippen LogP contribution in [0, 0.1) is 13.8 Å². The van der Waals surface area contributed by atoms with Crippen LogP contribution in [0.4, 0.5) is 0 Å². The van der Waals surface area contributed by atoms with Crippen molar-refractivity contribution in [3.63, 3.8) is 0 Å². The van der Waals surface area contributed by atoms with Crippen LogP contribution in [0.25, 0.3) is 0 Å². The average molecular weight is 466 g/mol. The first-order chi connectivity index (χ1) is 14.3. The Hall–Kier alpha value is -1.89. The first-order valence-corrected chi connectivity index (χ1v) is 12.2. The predicted octanol–water partition coefficient (Wildman–Crippen LogP) is 5.64. The molecule has 0 saturated carbocycles. The summed E-state index contributed by atoms with van der Waals surface area (Å²) in [4.78, 5) is 12.6. The lowest BCUT2D eigenvalue weighted by atomic mass is 9.84. The van der Waals surface area contributed by atoms with E-state index in [1.807, 2.05) is 13.8 Å². The van der Waals surface area contributed by atoms with E-state index in [1.54, 1.807) is 13.8 Å². The molecule has 0 fully saturated rings. The molecule has 0 aliphatic heterocycles. The molecule has 0 N–H and O–H groups in total. The number of benzene rings is 2. The first-order valence-electron chi connectivity index (χ1n) is 10.4. The van der Waals surface area contributed by atoms with Gasteiger partial charge < -0.3 is 4.74 Å². The molecular formula is C24H32ClNO4S. The van der Waals surface area contributed by atoms with Crippen molar-refractivity contribution < 1.29 is 17.9 Å². The third kappa shape index (κ3) is 5.68. The molecule has 0 spiro atoms. The van der Waals surface area contributed by atoms with E-state index in [0.29, 0.717) is 13.1 Å². The van der Waals surface area contributed by atoms with Crippen LogP contribution in [-0.2, 0) is 26.8 Å². The predicted molar refractivity (Wildman–Crippen MR) is 125 cm³/mol. The summed E-state index contributed by atoms with van der Waals surface area (Å²) in [7, 11) is -3.79. The van der Waals surface area contributed by atoms with Crippen LogP contribution < -0.4 is 0 Å². The Bertz CT molecular complexity index is 1040. The van der Waals surface area contributed by atoms with Gasteiger partial charge in [-0.05, 0) is 59.7 Å².